The first kappa shape index (κ1) is 17.0. The molecular weight excluding hydrogens is 324 g/mol. The number of rotatable bonds is 5. The molecule has 1 aliphatic heterocycles. The van der Waals surface area contributed by atoms with Crippen molar-refractivity contribution < 1.29 is 9.53 Å². The van der Waals surface area contributed by atoms with E-state index in [1.807, 2.05) is 54.6 Å². The van der Waals surface area contributed by atoms with Crippen LogP contribution in [0, 0.1) is 0 Å². The first-order valence-corrected chi connectivity index (χ1v) is 8.51. The lowest BCUT2D eigenvalue weighted by atomic mass is 9.98. The van der Waals surface area contributed by atoms with Crippen molar-refractivity contribution in [3.63, 3.8) is 0 Å². The maximum Gasteiger partial charge on any atom is 0.249 e. The van der Waals surface area contributed by atoms with Crippen molar-refractivity contribution >= 4 is 17.5 Å². The topological polar surface area (TPSA) is 64.4 Å². The molecule has 0 saturated carbocycles. The molecule has 2 aromatic carbocycles. The van der Waals surface area contributed by atoms with Crippen LogP contribution in [0.15, 0.2) is 54.6 Å². The van der Waals surface area contributed by atoms with Crippen LogP contribution in [-0.4, -0.2) is 24.7 Å². The van der Waals surface area contributed by atoms with E-state index in [0.29, 0.717) is 18.0 Å². The van der Waals surface area contributed by atoms with Crippen molar-refractivity contribution in [2.75, 3.05) is 6.54 Å². The first-order chi connectivity index (χ1) is 11.7. The van der Waals surface area contributed by atoms with Crippen LogP contribution in [0.4, 0.5) is 0 Å². The summed E-state index contributed by atoms with van der Waals surface area (Å²) in [5, 5.41) is 3.78. The van der Waals surface area contributed by atoms with Gasteiger partial charge in [0, 0.05) is 11.6 Å². The van der Waals surface area contributed by atoms with Gasteiger partial charge in [-0.2, -0.15) is 0 Å². The summed E-state index contributed by atoms with van der Waals surface area (Å²) in [5.41, 5.74) is 7.62. The van der Waals surface area contributed by atoms with Gasteiger partial charge in [0.1, 0.15) is 6.10 Å². The summed E-state index contributed by atoms with van der Waals surface area (Å²) in [6.07, 6.45) is 1.07. The third-order valence-electron chi connectivity index (χ3n) is 4.29. The molecule has 0 radical (unpaired) electrons. The second-order valence-corrected chi connectivity index (χ2v) is 6.40. The molecule has 1 heterocycles. The molecule has 5 heteroatoms. The van der Waals surface area contributed by atoms with Crippen molar-refractivity contribution in [2.24, 2.45) is 5.73 Å². The van der Waals surface area contributed by atoms with Crippen molar-refractivity contribution in [3.8, 4) is 0 Å². The Morgan fingerprint density at radius 1 is 1.12 bits per heavy atom. The highest BCUT2D eigenvalue weighted by atomic mass is 35.5. The highest BCUT2D eigenvalue weighted by molar-refractivity contribution is 6.30. The van der Waals surface area contributed by atoms with E-state index in [2.05, 4.69) is 5.32 Å². The molecule has 24 heavy (non-hydrogen) atoms. The summed E-state index contributed by atoms with van der Waals surface area (Å²) in [7, 11) is 0. The minimum absolute atomic E-state index is 0.0218. The number of benzene rings is 2. The first-order valence-electron chi connectivity index (χ1n) is 8.13. The van der Waals surface area contributed by atoms with E-state index in [1.54, 1.807) is 0 Å². The number of nitrogens with one attached hydrogen (secondary N) is 1. The molecule has 2 aromatic rings. The third kappa shape index (κ3) is 3.96. The Hall–Kier alpha value is -1.88. The smallest absolute Gasteiger partial charge is 0.249 e. The lowest BCUT2D eigenvalue weighted by Crippen LogP contribution is -2.38. The summed E-state index contributed by atoms with van der Waals surface area (Å²) in [6.45, 7) is 0.447. The van der Waals surface area contributed by atoms with Gasteiger partial charge in [0.2, 0.25) is 5.91 Å². The number of hydrogen-bond donors (Lipinski definition) is 2. The van der Waals surface area contributed by atoms with Gasteiger partial charge in [0.25, 0.3) is 0 Å². The maximum absolute atomic E-state index is 12.6. The Labute approximate surface area is 147 Å². The summed E-state index contributed by atoms with van der Waals surface area (Å²) in [6, 6.07) is 17.1. The Bertz CT molecular complexity index is 676. The van der Waals surface area contributed by atoms with Gasteiger partial charge >= 0.3 is 0 Å². The van der Waals surface area contributed by atoms with Crippen LogP contribution in [0.5, 0.6) is 0 Å². The molecule has 3 rings (SSSR count). The van der Waals surface area contributed by atoms with Gasteiger partial charge in [-0.05, 0) is 36.1 Å². The van der Waals surface area contributed by atoms with Gasteiger partial charge in [-0.1, -0.05) is 54.1 Å². The predicted octanol–water partition coefficient (Wildman–Crippen LogP) is 3.05. The van der Waals surface area contributed by atoms with Gasteiger partial charge in [-0.3, -0.25) is 4.79 Å². The largest absolute Gasteiger partial charge is 0.364 e. The molecule has 1 fully saturated rings. The molecule has 3 atom stereocenters. The Balaban J connectivity index is 1.80. The zero-order valence-electron chi connectivity index (χ0n) is 13.3. The second kappa shape index (κ2) is 7.79. The van der Waals surface area contributed by atoms with Gasteiger partial charge in [-0.25, -0.2) is 0 Å². The molecule has 0 aromatic heterocycles. The SMILES string of the molecule is NC[C@H]1CC[C@@H](C(=O)NC(c2ccccc2)c2ccc(Cl)cc2)O1. The Morgan fingerprint density at radius 2 is 1.79 bits per heavy atom. The van der Waals surface area contributed by atoms with Crippen molar-refractivity contribution in [2.45, 2.75) is 31.1 Å². The van der Waals surface area contributed by atoms with Gasteiger partial charge in [0.05, 0.1) is 12.1 Å². The van der Waals surface area contributed by atoms with Crippen LogP contribution in [0.2, 0.25) is 5.02 Å². The number of carbonyl (C=O) groups excluding carboxylic acids is 1. The minimum atomic E-state index is -0.433. The molecule has 126 valence electrons. The second-order valence-electron chi connectivity index (χ2n) is 5.96. The zero-order chi connectivity index (χ0) is 16.9. The summed E-state index contributed by atoms with van der Waals surface area (Å²) in [4.78, 5) is 12.6. The minimum Gasteiger partial charge on any atom is -0.364 e. The average Bonchev–Trinajstić information content (AvgIpc) is 3.10. The fourth-order valence-electron chi connectivity index (χ4n) is 2.97. The fraction of sp³-hybridized carbons (Fsp3) is 0.316. The molecule has 3 N–H and O–H groups in total. The summed E-state index contributed by atoms with van der Waals surface area (Å²) in [5.74, 6) is -0.102. The van der Waals surface area contributed by atoms with E-state index in [0.717, 1.165) is 17.5 Å². The number of hydrogen-bond acceptors (Lipinski definition) is 3. The lowest BCUT2D eigenvalue weighted by molar-refractivity contribution is -0.132. The van der Waals surface area contributed by atoms with E-state index in [1.165, 1.54) is 0 Å². The Kier molecular flexibility index (Phi) is 5.51. The zero-order valence-corrected chi connectivity index (χ0v) is 14.1. The van der Waals surface area contributed by atoms with Gasteiger partial charge < -0.3 is 15.8 Å². The standard InChI is InChI=1S/C19H21ClN2O2/c20-15-8-6-14(7-9-15)18(13-4-2-1-3-5-13)22-19(23)17-11-10-16(12-21)24-17/h1-9,16-18H,10-12,21H2,(H,22,23)/t16-,17+,18?/m1/s1. The van der Waals surface area contributed by atoms with Crippen LogP contribution in [0.1, 0.15) is 30.0 Å². The average molecular weight is 345 g/mol. The fourth-order valence-corrected chi connectivity index (χ4v) is 3.09. The molecule has 4 nitrogen and oxygen atoms in total. The van der Waals surface area contributed by atoms with Crippen molar-refractivity contribution in [1.29, 1.82) is 0 Å². The lowest BCUT2D eigenvalue weighted by Gasteiger charge is -2.22. The maximum atomic E-state index is 12.6. The van der Waals surface area contributed by atoms with Crippen LogP contribution >= 0.6 is 11.6 Å². The quantitative estimate of drug-likeness (QED) is 0.876. The van der Waals surface area contributed by atoms with E-state index < -0.39 is 6.10 Å². The number of carbonyl (C=O) groups is 1. The number of ether oxygens (including phenoxy) is 1. The Morgan fingerprint density at radius 3 is 2.42 bits per heavy atom. The van der Waals surface area contributed by atoms with Crippen LogP contribution in [0.25, 0.3) is 0 Å². The molecule has 0 bridgehead atoms. The molecule has 1 amide bonds. The van der Waals surface area contributed by atoms with Gasteiger partial charge in [-0.15, -0.1) is 0 Å². The van der Waals surface area contributed by atoms with E-state index >= 15 is 0 Å². The summed E-state index contributed by atoms with van der Waals surface area (Å²) < 4.78 is 5.71. The molecule has 1 unspecified atom stereocenters. The molecule has 1 aliphatic rings. The van der Waals surface area contributed by atoms with Crippen LogP contribution < -0.4 is 11.1 Å². The van der Waals surface area contributed by atoms with Crippen LogP contribution in [-0.2, 0) is 9.53 Å². The van der Waals surface area contributed by atoms with Crippen molar-refractivity contribution in [3.05, 3.63) is 70.7 Å². The normalized spacial score (nSPS) is 21.4. The monoisotopic (exact) mass is 344 g/mol. The highest BCUT2D eigenvalue weighted by Gasteiger charge is 2.31. The van der Waals surface area contributed by atoms with E-state index in [4.69, 9.17) is 22.1 Å². The molecular formula is C19H21ClN2O2. The summed E-state index contributed by atoms with van der Waals surface area (Å²) >= 11 is 5.98. The molecule has 0 spiro atoms. The van der Waals surface area contributed by atoms with E-state index in [9.17, 15) is 4.79 Å². The van der Waals surface area contributed by atoms with Crippen LogP contribution in [0.3, 0.4) is 0 Å². The number of halogens is 1. The number of nitrogens with two attached hydrogens (primary N) is 1. The highest BCUT2D eigenvalue weighted by Crippen LogP contribution is 2.25. The van der Waals surface area contributed by atoms with Gasteiger partial charge in [0.15, 0.2) is 0 Å². The molecule has 1 saturated heterocycles. The van der Waals surface area contributed by atoms with E-state index in [-0.39, 0.29) is 18.1 Å². The third-order valence-corrected chi connectivity index (χ3v) is 4.54. The number of amides is 1. The predicted molar refractivity (Wildman–Crippen MR) is 94.8 cm³/mol. The van der Waals surface area contributed by atoms with Crippen molar-refractivity contribution in [1.82, 2.24) is 5.32 Å². The molecule has 0 aliphatic carbocycles.